The molecule has 2 aliphatic heterocycles. The van der Waals surface area contributed by atoms with Crippen molar-refractivity contribution in [3.8, 4) is 0 Å². The maximum Gasteiger partial charge on any atom is 0.289 e. The number of nitro groups is 1. The molecule has 2 aliphatic rings. The molecule has 0 aliphatic carbocycles. The predicted molar refractivity (Wildman–Crippen MR) is 90.2 cm³/mol. The Hall–Kier alpha value is -1.44. The molecule has 0 spiro atoms. The lowest BCUT2D eigenvalue weighted by molar-refractivity contribution is -0.385. The van der Waals surface area contributed by atoms with E-state index in [2.05, 4.69) is 26.7 Å². The van der Waals surface area contributed by atoms with Gasteiger partial charge in [0.15, 0.2) is 0 Å². The van der Waals surface area contributed by atoms with Gasteiger partial charge in [-0.15, -0.1) is 0 Å². The zero-order chi connectivity index (χ0) is 16.4. The molecule has 0 N–H and O–H groups in total. The van der Waals surface area contributed by atoms with Crippen LogP contribution >= 0.6 is 11.6 Å². The number of hydrogen-bond acceptors (Lipinski definition) is 6. The molecule has 1 atom stereocenters. The van der Waals surface area contributed by atoms with Crippen LogP contribution in [-0.4, -0.2) is 72.1 Å². The minimum Gasteiger partial charge on any atom is -0.353 e. The molecular weight excluding hydrogens is 318 g/mol. The van der Waals surface area contributed by atoms with E-state index in [4.69, 9.17) is 11.6 Å². The Bertz CT molecular complexity index is 577. The fourth-order valence-corrected chi connectivity index (χ4v) is 3.77. The van der Waals surface area contributed by atoms with Gasteiger partial charge in [-0.05, 0) is 26.4 Å². The molecule has 8 heteroatoms. The van der Waals surface area contributed by atoms with Gasteiger partial charge in [0.1, 0.15) is 12.0 Å². The van der Waals surface area contributed by atoms with E-state index in [1.165, 1.54) is 31.6 Å². The van der Waals surface area contributed by atoms with Crippen molar-refractivity contribution in [2.24, 2.45) is 0 Å². The van der Waals surface area contributed by atoms with E-state index in [9.17, 15) is 10.1 Å². The van der Waals surface area contributed by atoms with Crippen LogP contribution in [-0.2, 0) is 0 Å². The molecule has 126 valence electrons. The number of piperidine rings is 1. The summed E-state index contributed by atoms with van der Waals surface area (Å²) in [6.07, 6.45) is 3.81. The highest BCUT2D eigenvalue weighted by molar-refractivity contribution is 6.33. The van der Waals surface area contributed by atoms with Crippen molar-refractivity contribution in [1.82, 2.24) is 14.8 Å². The number of likely N-dealkylation sites (tertiary alicyclic amines) is 1. The number of rotatable bonds is 3. The molecule has 1 aromatic rings. The summed E-state index contributed by atoms with van der Waals surface area (Å²) in [4.78, 5) is 21.6. The maximum absolute atomic E-state index is 10.8. The summed E-state index contributed by atoms with van der Waals surface area (Å²) in [5.74, 6) is 0.651. The summed E-state index contributed by atoms with van der Waals surface area (Å²) in [5, 5.41) is 11.1. The smallest absolute Gasteiger partial charge is 0.289 e. The van der Waals surface area contributed by atoms with Gasteiger partial charge in [0.25, 0.3) is 5.69 Å². The highest BCUT2D eigenvalue weighted by Crippen LogP contribution is 2.28. The molecule has 0 amide bonds. The normalized spacial score (nSPS) is 23.9. The summed E-state index contributed by atoms with van der Waals surface area (Å²) >= 11 is 6.18. The fourth-order valence-electron chi connectivity index (χ4n) is 3.49. The third-order valence-corrected chi connectivity index (χ3v) is 5.03. The minimum atomic E-state index is -0.472. The standard InChI is InChI=1S/C15H22ClN5O2/c1-18-4-2-3-12(11-18)19-5-7-20(8-6-19)15-14(16)9-13(10-17-15)21(22)23/h9-10,12H,2-8,11H2,1H3. The highest BCUT2D eigenvalue weighted by Gasteiger charge is 2.28. The Kier molecular flexibility index (Phi) is 4.99. The van der Waals surface area contributed by atoms with Crippen molar-refractivity contribution in [2.45, 2.75) is 18.9 Å². The van der Waals surface area contributed by atoms with Crippen LogP contribution in [0.5, 0.6) is 0 Å². The Balaban J connectivity index is 1.61. The highest BCUT2D eigenvalue weighted by atomic mass is 35.5. The van der Waals surface area contributed by atoms with Crippen LogP contribution in [0.3, 0.4) is 0 Å². The first-order valence-corrected chi connectivity index (χ1v) is 8.40. The van der Waals surface area contributed by atoms with Crippen molar-refractivity contribution in [2.75, 3.05) is 51.2 Å². The van der Waals surface area contributed by atoms with E-state index in [0.717, 1.165) is 32.7 Å². The molecule has 0 aromatic carbocycles. The second-order valence-corrected chi connectivity index (χ2v) is 6.74. The fraction of sp³-hybridized carbons (Fsp3) is 0.667. The quantitative estimate of drug-likeness (QED) is 0.618. The lowest BCUT2D eigenvalue weighted by Gasteiger charge is -2.43. The van der Waals surface area contributed by atoms with Gasteiger partial charge in [-0.3, -0.25) is 15.0 Å². The Morgan fingerprint density at radius 2 is 2.04 bits per heavy atom. The van der Waals surface area contributed by atoms with Gasteiger partial charge in [0.05, 0.1) is 9.95 Å². The molecule has 2 saturated heterocycles. The molecule has 3 heterocycles. The van der Waals surface area contributed by atoms with Crippen LogP contribution in [0.25, 0.3) is 0 Å². The zero-order valence-corrected chi connectivity index (χ0v) is 14.1. The van der Waals surface area contributed by atoms with E-state index in [1.807, 2.05) is 0 Å². The van der Waals surface area contributed by atoms with Crippen molar-refractivity contribution in [1.29, 1.82) is 0 Å². The van der Waals surface area contributed by atoms with E-state index >= 15 is 0 Å². The summed E-state index contributed by atoms with van der Waals surface area (Å²) in [5.41, 5.74) is -0.0670. The first-order chi connectivity index (χ1) is 11.0. The minimum absolute atomic E-state index is 0.0670. The number of hydrogen-bond donors (Lipinski definition) is 0. The molecular formula is C15H22ClN5O2. The van der Waals surface area contributed by atoms with Crippen LogP contribution < -0.4 is 4.90 Å². The zero-order valence-electron chi connectivity index (χ0n) is 13.3. The number of aromatic nitrogens is 1. The van der Waals surface area contributed by atoms with Crippen LogP contribution in [0.4, 0.5) is 11.5 Å². The van der Waals surface area contributed by atoms with Gasteiger partial charge in [-0.2, -0.15) is 0 Å². The Labute approximate surface area is 141 Å². The second kappa shape index (κ2) is 6.98. The molecule has 0 bridgehead atoms. The predicted octanol–water partition coefficient (Wildman–Crippen LogP) is 1.86. The number of likely N-dealkylation sites (N-methyl/N-ethyl adjacent to an activating group) is 1. The monoisotopic (exact) mass is 339 g/mol. The SMILES string of the molecule is CN1CCCC(N2CCN(c3ncc([N+](=O)[O-])cc3Cl)CC2)C1. The Morgan fingerprint density at radius 3 is 2.65 bits per heavy atom. The van der Waals surface area contributed by atoms with E-state index in [0.29, 0.717) is 16.9 Å². The van der Waals surface area contributed by atoms with Gasteiger partial charge in [-0.1, -0.05) is 11.6 Å². The third kappa shape index (κ3) is 3.73. The van der Waals surface area contributed by atoms with Crippen molar-refractivity contribution in [3.63, 3.8) is 0 Å². The second-order valence-electron chi connectivity index (χ2n) is 6.34. The van der Waals surface area contributed by atoms with Crippen LogP contribution in [0.15, 0.2) is 12.3 Å². The number of anilines is 1. The summed E-state index contributed by atoms with van der Waals surface area (Å²) in [6, 6.07) is 2.02. The van der Waals surface area contributed by atoms with Gasteiger partial charge in [-0.25, -0.2) is 4.98 Å². The average molecular weight is 340 g/mol. The number of nitrogens with zero attached hydrogens (tertiary/aromatic N) is 5. The molecule has 2 fully saturated rings. The van der Waals surface area contributed by atoms with Crippen LogP contribution in [0.1, 0.15) is 12.8 Å². The molecule has 0 radical (unpaired) electrons. The summed E-state index contributed by atoms with van der Waals surface area (Å²) in [7, 11) is 2.18. The van der Waals surface area contributed by atoms with Gasteiger partial charge < -0.3 is 9.80 Å². The molecule has 1 aromatic heterocycles. The van der Waals surface area contributed by atoms with Gasteiger partial charge in [0.2, 0.25) is 0 Å². The number of pyridine rings is 1. The van der Waals surface area contributed by atoms with Crippen LogP contribution in [0, 0.1) is 10.1 Å². The summed E-state index contributed by atoms with van der Waals surface area (Å²) < 4.78 is 0. The van der Waals surface area contributed by atoms with Crippen molar-refractivity contribution < 1.29 is 4.92 Å². The molecule has 7 nitrogen and oxygen atoms in total. The molecule has 0 saturated carbocycles. The maximum atomic E-state index is 10.8. The van der Waals surface area contributed by atoms with Gasteiger partial charge in [0, 0.05) is 44.8 Å². The number of halogens is 1. The van der Waals surface area contributed by atoms with E-state index < -0.39 is 4.92 Å². The molecule has 23 heavy (non-hydrogen) atoms. The van der Waals surface area contributed by atoms with E-state index in [-0.39, 0.29) is 5.69 Å². The first-order valence-electron chi connectivity index (χ1n) is 8.02. The lowest BCUT2D eigenvalue weighted by atomic mass is 10.0. The third-order valence-electron chi connectivity index (χ3n) is 4.75. The summed E-state index contributed by atoms with van der Waals surface area (Å²) in [6.45, 7) is 5.99. The number of piperazine rings is 1. The van der Waals surface area contributed by atoms with Crippen LogP contribution in [0.2, 0.25) is 5.02 Å². The molecule has 3 rings (SSSR count). The van der Waals surface area contributed by atoms with Crippen molar-refractivity contribution in [3.05, 3.63) is 27.4 Å². The average Bonchev–Trinajstić information content (AvgIpc) is 2.55. The Morgan fingerprint density at radius 1 is 1.30 bits per heavy atom. The van der Waals surface area contributed by atoms with E-state index in [1.54, 1.807) is 0 Å². The molecule has 1 unspecified atom stereocenters. The largest absolute Gasteiger partial charge is 0.353 e. The first kappa shape index (κ1) is 16.4. The van der Waals surface area contributed by atoms with Crippen molar-refractivity contribution >= 4 is 23.1 Å². The van der Waals surface area contributed by atoms with Gasteiger partial charge >= 0.3 is 0 Å². The lowest BCUT2D eigenvalue weighted by Crippen LogP contribution is -2.54. The topological polar surface area (TPSA) is 65.8 Å².